The van der Waals surface area contributed by atoms with Gasteiger partial charge in [-0.1, -0.05) is 23.5 Å². The number of thiazole rings is 1. The van der Waals surface area contributed by atoms with Gasteiger partial charge in [-0.3, -0.25) is 9.80 Å². The fourth-order valence-corrected chi connectivity index (χ4v) is 8.96. The Labute approximate surface area is 238 Å². The first-order chi connectivity index (χ1) is 19.2. The van der Waals surface area contributed by atoms with Gasteiger partial charge in [0.15, 0.2) is 9.34 Å². The van der Waals surface area contributed by atoms with E-state index < -0.39 is 10.0 Å². The second-order valence-corrected chi connectivity index (χ2v) is 14.3. The van der Waals surface area contributed by atoms with Crippen molar-refractivity contribution in [3.05, 3.63) is 60.1 Å². The van der Waals surface area contributed by atoms with E-state index in [0.29, 0.717) is 39.3 Å². The number of aromatic nitrogens is 3. The highest BCUT2D eigenvalue weighted by Gasteiger charge is 2.40. The van der Waals surface area contributed by atoms with Crippen LogP contribution in [0.3, 0.4) is 0 Å². The summed E-state index contributed by atoms with van der Waals surface area (Å²) in [5.74, 6) is -0.258. The van der Waals surface area contributed by atoms with E-state index in [1.165, 1.54) is 29.7 Å². The molecule has 0 spiro atoms. The average molecular weight is 590 g/mol. The van der Waals surface area contributed by atoms with E-state index in [-0.39, 0.29) is 34.3 Å². The Morgan fingerprint density at radius 3 is 2.60 bits per heavy atom. The third-order valence-corrected chi connectivity index (χ3v) is 11.9. The predicted octanol–water partition coefficient (Wildman–Crippen LogP) is 2.24. The second kappa shape index (κ2) is 11.1. The van der Waals surface area contributed by atoms with E-state index in [4.69, 9.17) is 0 Å². The Bertz CT molecular complexity index is 1420. The van der Waals surface area contributed by atoms with E-state index in [1.54, 1.807) is 22.8 Å². The van der Waals surface area contributed by atoms with Crippen molar-refractivity contribution < 1.29 is 17.9 Å². The zero-order chi connectivity index (χ0) is 28.0. The minimum Gasteiger partial charge on any atom is -0.392 e. The number of nitrogens with zero attached hydrogens (tertiary/aromatic N) is 7. The van der Waals surface area contributed by atoms with E-state index >= 15 is 0 Å². The molecule has 10 nitrogen and oxygen atoms in total. The zero-order valence-corrected chi connectivity index (χ0v) is 24.4. The van der Waals surface area contributed by atoms with Gasteiger partial charge in [0.25, 0.3) is 10.0 Å². The van der Waals surface area contributed by atoms with Crippen LogP contribution in [0, 0.1) is 5.82 Å². The zero-order valence-electron chi connectivity index (χ0n) is 22.8. The number of halogens is 1. The smallest absolute Gasteiger partial charge is 0.254 e. The summed E-state index contributed by atoms with van der Waals surface area (Å²) in [7, 11) is -3.63. The first-order valence-corrected chi connectivity index (χ1v) is 16.1. The number of fused-ring (bicyclic) bond motifs is 1. The number of sulfonamides is 1. The Morgan fingerprint density at radius 1 is 1.10 bits per heavy atom. The molecule has 1 N–H and O–H groups in total. The Hall–Kier alpha value is -2.42. The Morgan fingerprint density at radius 2 is 1.85 bits per heavy atom. The fourth-order valence-electron chi connectivity index (χ4n) is 6.25. The average Bonchev–Trinajstić information content (AvgIpc) is 3.69. The molecule has 3 aromatic rings. The van der Waals surface area contributed by atoms with Crippen LogP contribution in [0.5, 0.6) is 0 Å². The maximum atomic E-state index is 13.5. The van der Waals surface area contributed by atoms with Gasteiger partial charge in [-0.05, 0) is 38.0 Å². The van der Waals surface area contributed by atoms with E-state index in [1.807, 2.05) is 6.20 Å². The summed E-state index contributed by atoms with van der Waals surface area (Å²) in [6.07, 6.45) is 5.58. The lowest BCUT2D eigenvalue weighted by Crippen LogP contribution is -2.55. The Balaban J connectivity index is 1.07. The van der Waals surface area contributed by atoms with E-state index in [9.17, 15) is 17.9 Å². The monoisotopic (exact) mass is 589 g/mol. The van der Waals surface area contributed by atoms with Gasteiger partial charge in [-0.25, -0.2) is 22.8 Å². The molecular weight excluding hydrogens is 553 g/mol. The largest absolute Gasteiger partial charge is 0.392 e. The van der Waals surface area contributed by atoms with Crippen molar-refractivity contribution in [2.45, 2.75) is 55.3 Å². The summed E-state index contributed by atoms with van der Waals surface area (Å²) in [4.78, 5) is 15.6. The summed E-state index contributed by atoms with van der Waals surface area (Å²) in [5.41, 5.74) is 2.03. The van der Waals surface area contributed by atoms with Crippen LogP contribution in [0.1, 0.15) is 37.6 Å². The van der Waals surface area contributed by atoms with E-state index in [2.05, 4.69) is 43.1 Å². The molecule has 0 aliphatic carbocycles. The molecule has 0 bridgehead atoms. The normalized spacial score (nSPS) is 25.8. The first kappa shape index (κ1) is 27.7. The molecule has 6 rings (SSSR count). The van der Waals surface area contributed by atoms with Crippen molar-refractivity contribution in [3.8, 4) is 0 Å². The topological polar surface area (TPSA) is 98.0 Å². The number of aliphatic hydroxyl groups is 1. The molecule has 216 valence electrons. The summed E-state index contributed by atoms with van der Waals surface area (Å²) in [6.45, 7) is 9.15. The van der Waals surface area contributed by atoms with Crippen molar-refractivity contribution in [2.75, 3.05) is 50.7 Å². The quantitative estimate of drug-likeness (QED) is 0.448. The third-order valence-electron chi connectivity index (χ3n) is 8.49. The lowest BCUT2D eigenvalue weighted by atomic mass is 10.1. The molecule has 3 fully saturated rings. The van der Waals surface area contributed by atoms with Gasteiger partial charge in [0, 0.05) is 70.6 Å². The van der Waals surface area contributed by atoms with Gasteiger partial charge in [-0.2, -0.15) is 4.31 Å². The van der Waals surface area contributed by atoms with Gasteiger partial charge in [0.05, 0.1) is 30.4 Å². The molecule has 40 heavy (non-hydrogen) atoms. The number of aliphatic hydroxyl groups excluding tert-OH is 1. The molecule has 2 unspecified atom stereocenters. The summed E-state index contributed by atoms with van der Waals surface area (Å²) < 4.78 is 44.3. The van der Waals surface area contributed by atoms with Gasteiger partial charge in [0.2, 0.25) is 0 Å². The number of benzene rings is 1. The molecular formula is C27H36FN7O3S2. The van der Waals surface area contributed by atoms with Crippen molar-refractivity contribution in [3.63, 3.8) is 0 Å². The van der Waals surface area contributed by atoms with Crippen LogP contribution in [0.2, 0.25) is 0 Å². The highest BCUT2D eigenvalue weighted by Crippen LogP contribution is 2.34. The minimum atomic E-state index is -3.63. The predicted molar refractivity (Wildman–Crippen MR) is 151 cm³/mol. The van der Waals surface area contributed by atoms with Crippen LogP contribution in [0.15, 0.2) is 47.2 Å². The molecule has 13 heteroatoms. The molecule has 4 atom stereocenters. The van der Waals surface area contributed by atoms with Crippen molar-refractivity contribution in [2.24, 2.45) is 0 Å². The van der Waals surface area contributed by atoms with Gasteiger partial charge in [0.1, 0.15) is 5.82 Å². The van der Waals surface area contributed by atoms with Crippen molar-refractivity contribution in [1.29, 1.82) is 0 Å². The third kappa shape index (κ3) is 5.42. The molecule has 3 saturated heterocycles. The summed E-state index contributed by atoms with van der Waals surface area (Å²) >= 11 is 1.24. The highest BCUT2D eigenvalue weighted by atomic mass is 32.2. The maximum absolute atomic E-state index is 13.5. The standard InChI is InChI=1S/C27H36FN7O3S2/c1-19-14-32(16-23-11-25(36)17-34(19)23)27-30-13-26(39-27)40(37,38)33-9-7-31(8-10-33)15-24-12-29-18-35(24)20(2)21-3-5-22(28)6-4-21/h3-6,12-13,18-20,23,25,36H,7-11,14-17H2,1-2H3/t19?,20-,23?,25-/m1/s1. The summed E-state index contributed by atoms with van der Waals surface area (Å²) in [5, 5.41) is 10.8. The molecule has 3 aliphatic rings. The number of piperazine rings is 2. The van der Waals surface area contributed by atoms with Crippen LogP contribution in [0.4, 0.5) is 9.52 Å². The van der Waals surface area contributed by atoms with Crippen LogP contribution >= 0.6 is 11.3 Å². The van der Waals surface area contributed by atoms with E-state index in [0.717, 1.165) is 35.9 Å². The van der Waals surface area contributed by atoms with Gasteiger partial charge < -0.3 is 14.6 Å². The number of imidazole rings is 1. The molecule has 3 aliphatic heterocycles. The first-order valence-electron chi connectivity index (χ1n) is 13.8. The number of anilines is 1. The van der Waals surface area contributed by atoms with Crippen LogP contribution in [-0.2, 0) is 16.6 Å². The van der Waals surface area contributed by atoms with Crippen LogP contribution < -0.4 is 4.90 Å². The molecule has 5 heterocycles. The number of rotatable bonds is 7. The molecule has 2 aromatic heterocycles. The molecule has 0 saturated carbocycles. The van der Waals surface area contributed by atoms with Crippen molar-refractivity contribution >= 4 is 26.5 Å². The lowest BCUT2D eigenvalue weighted by molar-refractivity contribution is 0.142. The maximum Gasteiger partial charge on any atom is 0.254 e. The second-order valence-electron chi connectivity index (χ2n) is 11.2. The van der Waals surface area contributed by atoms with Gasteiger partial charge >= 0.3 is 0 Å². The van der Waals surface area contributed by atoms with Crippen LogP contribution in [-0.4, -0.2) is 106 Å². The SMILES string of the molecule is CC1CN(c2ncc(S(=O)(=O)N3CCN(Cc4cncn4[C@H](C)c4ccc(F)cc4)CC3)s2)CC2C[C@@H](O)CN12. The fraction of sp³-hybridized carbons (Fsp3) is 0.556. The van der Waals surface area contributed by atoms with Crippen LogP contribution in [0.25, 0.3) is 0 Å². The van der Waals surface area contributed by atoms with Gasteiger partial charge in [-0.15, -0.1) is 0 Å². The summed E-state index contributed by atoms with van der Waals surface area (Å²) in [6, 6.07) is 7.07. The molecule has 1 aromatic carbocycles. The lowest BCUT2D eigenvalue weighted by Gasteiger charge is -2.41. The minimum absolute atomic E-state index is 0.00462. The Kier molecular flexibility index (Phi) is 7.70. The molecule has 0 radical (unpaired) electrons. The van der Waals surface area contributed by atoms with Crippen molar-refractivity contribution in [1.82, 2.24) is 28.6 Å². The number of hydrogen-bond donors (Lipinski definition) is 1. The number of hydrogen-bond acceptors (Lipinski definition) is 9. The highest BCUT2D eigenvalue weighted by molar-refractivity contribution is 7.91. The molecule has 0 amide bonds.